The minimum absolute atomic E-state index is 0.162. The number of carbonyl (C=O) groups is 2. The van der Waals surface area contributed by atoms with Gasteiger partial charge in [0.25, 0.3) is 0 Å². The maximum absolute atomic E-state index is 12.1. The molecule has 0 heterocycles. The summed E-state index contributed by atoms with van der Waals surface area (Å²) < 4.78 is 36.3. The number of carbonyl (C=O) groups excluding carboxylic acids is 2. The number of alkyl halides is 3. The van der Waals surface area contributed by atoms with Gasteiger partial charge in [0, 0.05) is 6.04 Å². The summed E-state index contributed by atoms with van der Waals surface area (Å²) in [5.74, 6) is -1.50. The molecule has 7 heteroatoms. The Morgan fingerprint density at radius 3 is 2.33 bits per heavy atom. The molecule has 0 rings (SSSR count). The van der Waals surface area contributed by atoms with Crippen LogP contribution in [0.5, 0.6) is 0 Å². The number of hydrogen-bond acceptors (Lipinski definition) is 2. The molecule has 0 aromatic heterocycles. The van der Waals surface area contributed by atoms with Crippen LogP contribution in [0.3, 0.4) is 0 Å². The Labute approximate surface area is 85.2 Å². The fourth-order valence-electron chi connectivity index (χ4n) is 1.04. The van der Waals surface area contributed by atoms with Gasteiger partial charge in [0.15, 0.2) is 0 Å². The monoisotopic (exact) mass is 226 g/mol. The number of halogens is 3. The molecule has 2 N–H and O–H groups in total. The molecule has 0 saturated heterocycles. The Kier molecular flexibility index (Phi) is 5.10. The first-order valence-electron chi connectivity index (χ1n) is 4.34. The van der Waals surface area contributed by atoms with E-state index in [2.05, 4.69) is 5.32 Å². The second-order valence-corrected chi connectivity index (χ2v) is 3.32. The van der Waals surface area contributed by atoms with Crippen molar-refractivity contribution in [3.63, 3.8) is 0 Å². The molecule has 2 atom stereocenters. The molecule has 0 bridgehead atoms. The van der Waals surface area contributed by atoms with E-state index in [1.807, 2.05) is 0 Å². The fourth-order valence-corrected chi connectivity index (χ4v) is 1.04. The quantitative estimate of drug-likeness (QED) is 0.712. The molecule has 0 aromatic carbocycles. The van der Waals surface area contributed by atoms with Gasteiger partial charge in [-0.2, -0.15) is 13.2 Å². The predicted octanol–water partition coefficient (Wildman–Crippen LogP) is 1.42. The zero-order chi connectivity index (χ0) is 12.1. The molecule has 3 amide bonds. The number of urea groups is 1. The lowest BCUT2D eigenvalue weighted by Gasteiger charge is -2.20. The lowest BCUT2D eigenvalue weighted by atomic mass is 10.0. The summed E-state index contributed by atoms with van der Waals surface area (Å²) in [6.45, 7) is 2.47. The van der Waals surface area contributed by atoms with Crippen LogP contribution in [0.25, 0.3) is 0 Å². The summed E-state index contributed by atoms with van der Waals surface area (Å²) in [6.07, 6.45) is -4.33. The van der Waals surface area contributed by atoms with E-state index in [0.29, 0.717) is 0 Å². The van der Waals surface area contributed by atoms with E-state index in [4.69, 9.17) is 0 Å². The third-order valence-electron chi connectivity index (χ3n) is 1.83. The Bertz CT molecular complexity index is 230. The Morgan fingerprint density at radius 1 is 1.40 bits per heavy atom. The van der Waals surface area contributed by atoms with Crippen LogP contribution < -0.4 is 10.6 Å². The van der Waals surface area contributed by atoms with E-state index in [1.165, 1.54) is 6.92 Å². The van der Waals surface area contributed by atoms with Crippen molar-refractivity contribution in [2.45, 2.75) is 32.5 Å². The summed E-state index contributed by atoms with van der Waals surface area (Å²) in [5.41, 5.74) is 0. The van der Waals surface area contributed by atoms with Gasteiger partial charge in [0.05, 0.1) is 5.92 Å². The van der Waals surface area contributed by atoms with E-state index >= 15 is 0 Å². The SMILES string of the molecule is CC(CC(C)C(F)(F)F)NC(=O)NC=O. The van der Waals surface area contributed by atoms with Crippen molar-refractivity contribution in [2.24, 2.45) is 5.92 Å². The third-order valence-corrected chi connectivity index (χ3v) is 1.83. The molecule has 2 unspecified atom stereocenters. The summed E-state index contributed by atoms with van der Waals surface area (Å²) in [4.78, 5) is 20.6. The Balaban J connectivity index is 3.98. The van der Waals surface area contributed by atoms with Crippen LogP contribution in [0.4, 0.5) is 18.0 Å². The maximum Gasteiger partial charge on any atom is 0.391 e. The van der Waals surface area contributed by atoms with E-state index in [1.54, 1.807) is 5.32 Å². The van der Waals surface area contributed by atoms with Gasteiger partial charge in [-0.05, 0) is 13.3 Å². The van der Waals surface area contributed by atoms with Gasteiger partial charge >= 0.3 is 12.2 Å². The van der Waals surface area contributed by atoms with Crippen molar-refractivity contribution >= 4 is 12.4 Å². The first-order valence-corrected chi connectivity index (χ1v) is 4.34. The summed E-state index contributed by atoms with van der Waals surface area (Å²) in [7, 11) is 0. The highest BCUT2D eigenvalue weighted by molar-refractivity contribution is 5.84. The summed E-state index contributed by atoms with van der Waals surface area (Å²) in [5, 5.41) is 3.98. The molecule has 0 spiro atoms. The Morgan fingerprint density at radius 2 is 1.93 bits per heavy atom. The van der Waals surface area contributed by atoms with Gasteiger partial charge in [0.2, 0.25) is 6.41 Å². The third kappa shape index (κ3) is 5.92. The number of nitrogens with one attached hydrogen (secondary N) is 2. The molecular formula is C8H13F3N2O2. The van der Waals surface area contributed by atoms with Crippen molar-refractivity contribution in [1.29, 1.82) is 0 Å². The smallest absolute Gasteiger partial charge is 0.335 e. The van der Waals surface area contributed by atoms with Gasteiger partial charge in [-0.25, -0.2) is 4.79 Å². The minimum atomic E-state index is -4.27. The van der Waals surface area contributed by atoms with Crippen molar-refractivity contribution < 1.29 is 22.8 Å². The zero-order valence-electron chi connectivity index (χ0n) is 8.39. The van der Waals surface area contributed by atoms with Gasteiger partial charge < -0.3 is 5.32 Å². The zero-order valence-corrected chi connectivity index (χ0v) is 8.39. The van der Waals surface area contributed by atoms with Crippen molar-refractivity contribution in [1.82, 2.24) is 10.6 Å². The summed E-state index contributed by atoms with van der Waals surface area (Å²) >= 11 is 0. The van der Waals surface area contributed by atoms with E-state index < -0.39 is 24.2 Å². The van der Waals surface area contributed by atoms with Crippen LogP contribution in [-0.2, 0) is 4.79 Å². The molecule has 0 saturated carbocycles. The molecule has 0 aliphatic rings. The lowest BCUT2D eigenvalue weighted by molar-refractivity contribution is -0.172. The van der Waals surface area contributed by atoms with Crippen LogP contribution in [-0.4, -0.2) is 24.7 Å². The van der Waals surface area contributed by atoms with Gasteiger partial charge in [0.1, 0.15) is 0 Å². The average Bonchev–Trinajstić information content (AvgIpc) is 2.01. The van der Waals surface area contributed by atoms with Crippen LogP contribution in [0.15, 0.2) is 0 Å². The molecule has 4 nitrogen and oxygen atoms in total. The Hall–Kier alpha value is -1.27. The second kappa shape index (κ2) is 5.57. The van der Waals surface area contributed by atoms with E-state index in [9.17, 15) is 22.8 Å². The number of amides is 3. The largest absolute Gasteiger partial charge is 0.391 e. The van der Waals surface area contributed by atoms with Gasteiger partial charge in [-0.1, -0.05) is 6.92 Å². The number of imide groups is 1. The van der Waals surface area contributed by atoms with E-state index in [-0.39, 0.29) is 12.8 Å². The highest BCUT2D eigenvalue weighted by atomic mass is 19.4. The van der Waals surface area contributed by atoms with Crippen molar-refractivity contribution in [3.05, 3.63) is 0 Å². The lowest BCUT2D eigenvalue weighted by Crippen LogP contribution is -2.41. The first kappa shape index (κ1) is 13.7. The van der Waals surface area contributed by atoms with E-state index in [0.717, 1.165) is 6.92 Å². The normalized spacial score (nSPS) is 15.3. The van der Waals surface area contributed by atoms with Gasteiger partial charge in [-0.3, -0.25) is 10.1 Å². The standard InChI is InChI=1S/C8H13F3N2O2/c1-5(8(9,10)11)3-6(2)13-7(15)12-4-14/h4-6H,3H2,1-2H3,(H2,12,13,14,15). The highest BCUT2D eigenvalue weighted by Gasteiger charge is 2.36. The second-order valence-electron chi connectivity index (χ2n) is 3.32. The van der Waals surface area contributed by atoms with Crippen LogP contribution in [0.1, 0.15) is 20.3 Å². The molecule has 0 fully saturated rings. The van der Waals surface area contributed by atoms with Crippen LogP contribution >= 0.6 is 0 Å². The molecule has 0 radical (unpaired) electrons. The number of rotatable bonds is 4. The fraction of sp³-hybridized carbons (Fsp3) is 0.750. The predicted molar refractivity (Wildman–Crippen MR) is 47.0 cm³/mol. The van der Waals surface area contributed by atoms with Gasteiger partial charge in [-0.15, -0.1) is 0 Å². The first-order chi connectivity index (χ1) is 6.77. The molecular weight excluding hydrogens is 213 g/mol. The molecule has 0 aromatic rings. The minimum Gasteiger partial charge on any atom is -0.335 e. The molecule has 0 aliphatic heterocycles. The highest BCUT2D eigenvalue weighted by Crippen LogP contribution is 2.28. The maximum atomic E-state index is 12.1. The van der Waals surface area contributed by atoms with Crippen LogP contribution in [0, 0.1) is 5.92 Å². The molecule has 0 aliphatic carbocycles. The molecule has 15 heavy (non-hydrogen) atoms. The summed E-state index contributed by atoms with van der Waals surface area (Å²) in [6, 6.07) is -1.45. The van der Waals surface area contributed by atoms with Crippen molar-refractivity contribution in [2.75, 3.05) is 0 Å². The van der Waals surface area contributed by atoms with Crippen LogP contribution in [0.2, 0.25) is 0 Å². The number of hydrogen-bond donors (Lipinski definition) is 2. The molecule has 88 valence electrons. The topological polar surface area (TPSA) is 58.2 Å². The average molecular weight is 226 g/mol. The van der Waals surface area contributed by atoms with Crippen molar-refractivity contribution in [3.8, 4) is 0 Å².